The van der Waals surface area contributed by atoms with Gasteiger partial charge in [0.1, 0.15) is 0 Å². The third kappa shape index (κ3) is 11.2. The molecule has 13 nitrogen and oxygen atoms in total. The number of unbranched alkanes of at least 4 members (excludes halogenated alkanes) is 3. The first kappa shape index (κ1) is 43.2. The Labute approximate surface area is 337 Å². The zero-order valence-corrected chi connectivity index (χ0v) is 34.7. The smallest absolute Gasteiger partial charge is 0.307 e. The summed E-state index contributed by atoms with van der Waals surface area (Å²) in [6.07, 6.45) is 6.27. The van der Waals surface area contributed by atoms with Crippen molar-refractivity contribution in [2.45, 2.75) is 70.4 Å². The number of hydrogen-bond acceptors (Lipinski definition) is 13. The molecule has 0 aliphatic carbocycles. The van der Waals surface area contributed by atoms with Crippen LogP contribution in [-0.2, 0) is 44.9 Å². The van der Waals surface area contributed by atoms with Crippen LogP contribution in [0.25, 0.3) is 0 Å². The van der Waals surface area contributed by atoms with Crippen molar-refractivity contribution in [3.05, 3.63) is 64.2 Å². The number of rotatable bonds is 22. The molecule has 0 fully saturated rings. The monoisotopic (exact) mass is 792 g/mol. The maximum absolute atomic E-state index is 12.9. The summed E-state index contributed by atoms with van der Waals surface area (Å²) in [4.78, 5) is 30.0. The van der Waals surface area contributed by atoms with E-state index < -0.39 is 0 Å². The molecular weight excluding hydrogens is 732 g/mol. The van der Waals surface area contributed by atoms with E-state index in [-0.39, 0.29) is 18.0 Å². The molecule has 0 bridgehead atoms. The maximum atomic E-state index is 12.9. The molecule has 2 heterocycles. The van der Waals surface area contributed by atoms with Gasteiger partial charge in [-0.3, -0.25) is 19.4 Å². The van der Waals surface area contributed by atoms with Gasteiger partial charge in [-0.05, 0) is 97.5 Å². The van der Waals surface area contributed by atoms with E-state index in [2.05, 4.69) is 28.0 Å². The van der Waals surface area contributed by atoms with Crippen molar-refractivity contribution in [3.8, 4) is 40.2 Å². The van der Waals surface area contributed by atoms with Crippen molar-refractivity contribution in [1.29, 1.82) is 0 Å². The van der Waals surface area contributed by atoms with Crippen molar-refractivity contribution in [2.75, 3.05) is 89.2 Å². The molecule has 57 heavy (non-hydrogen) atoms. The molecule has 0 aromatic heterocycles. The zero-order chi connectivity index (χ0) is 40.7. The van der Waals surface area contributed by atoms with Crippen LogP contribution in [0, 0.1) is 0 Å². The van der Waals surface area contributed by atoms with Crippen LogP contribution in [0.1, 0.15) is 72.4 Å². The van der Waals surface area contributed by atoms with E-state index in [1.54, 1.807) is 49.8 Å². The maximum Gasteiger partial charge on any atom is 0.307 e. The summed E-state index contributed by atoms with van der Waals surface area (Å²) in [6.45, 7) is 4.26. The molecule has 1 atom stereocenters. The lowest BCUT2D eigenvalue weighted by atomic mass is 9.88. The van der Waals surface area contributed by atoms with E-state index in [9.17, 15) is 9.59 Å². The Morgan fingerprint density at radius 2 is 1.19 bits per heavy atom. The summed E-state index contributed by atoms with van der Waals surface area (Å²) in [6, 6.07) is 12.1. The van der Waals surface area contributed by atoms with Crippen LogP contribution >= 0.6 is 0 Å². The molecule has 0 amide bonds. The number of nitrogens with zero attached hydrogens (tertiary/aromatic N) is 2. The lowest BCUT2D eigenvalue weighted by molar-refractivity contribution is -0.145. The number of carbonyl (C=O) groups excluding carboxylic acids is 2. The lowest BCUT2D eigenvalue weighted by Gasteiger charge is -2.38. The number of fused-ring (bicyclic) bond motifs is 2. The summed E-state index contributed by atoms with van der Waals surface area (Å²) < 4.78 is 50.1. The van der Waals surface area contributed by atoms with Gasteiger partial charge in [0.15, 0.2) is 34.5 Å². The van der Waals surface area contributed by atoms with Gasteiger partial charge in [-0.25, -0.2) is 0 Å². The molecule has 2 aliphatic rings. The van der Waals surface area contributed by atoms with Crippen molar-refractivity contribution < 1.29 is 52.2 Å². The molecule has 0 radical (unpaired) electrons. The van der Waals surface area contributed by atoms with Gasteiger partial charge >= 0.3 is 11.9 Å². The van der Waals surface area contributed by atoms with Crippen LogP contribution in [0.15, 0.2) is 36.4 Å². The molecule has 0 unspecified atom stereocenters. The van der Waals surface area contributed by atoms with Crippen molar-refractivity contribution in [2.24, 2.45) is 0 Å². The molecule has 13 heteroatoms. The van der Waals surface area contributed by atoms with Crippen molar-refractivity contribution in [3.63, 3.8) is 0 Å². The third-order valence-electron chi connectivity index (χ3n) is 10.9. The first-order valence-electron chi connectivity index (χ1n) is 19.8. The number of methoxy groups -OCH3 is 7. The molecular formula is C44H60N2O11. The number of benzene rings is 3. The Kier molecular flexibility index (Phi) is 16.4. The van der Waals surface area contributed by atoms with E-state index in [0.29, 0.717) is 92.4 Å². The van der Waals surface area contributed by atoms with Gasteiger partial charge in [-0.2, -0.15) is 0 Å². The Morgan fingerprint density at radius 1 is 0.596 bits per heavy atom. The third-order valence-corrected chi connectivity index (χ3v) is 10.9. The second-order valence-electron chi connectivity index (χ2n) is 14.3. The fourth-order valence-corrected chi connectivity index (χ4v) is 7.84. The van der Waals surface area contributed by atoms with Gasteiger partial charge < -0.3 is 42.6 Å². The quantitative estimate of drug-likeness (QED) is 0.0828. The highest BCUT2D eigenvalue weighted by Gasteiger charge is 2.30. The van der Waals surface area contributed by atoms with Crippen LogP contribution < -0.4 is 33.2 Å². The first-order valence-corrected chi connectivity index (χ1v) is 19.8. The fourth-order valence-electron chi connectivity index (χ4n) is 7.84. The average molecular weight is 793 g/mol. The number of carbonyl (C=O) groups is 2. The van der Waals surface area contributed by atoms with Gasteiger partial charge in [0.2, 0.25) is 5.75 Å². The van der Waals surface area contributed by atoms with Crippen LogP contribution in [0.4, 0.5) is 0 Å². The molecule has 312 valence electrons. The molecule has 0 N–H and O–H groups in total. The van der Waals surface area contributed by atoms with E-state index in [1.807, 2.05) is 18.2 Å². The second kappa shape index (κ2) is 21.6. The van der Waals surface area contributed by atoms with Crippen LogP contribution in [0.3, 0.4) is 0 Å². The van der Waals surface area contributed by atoms with E-state index in [0.717, 1.165) is 73.9 Å². The van der Waals surface area contributed by atoms with Crippen molar-refractivity contribution in [1.82, 2.24) is 9.80 Å². The predicted molar refractivity (Wildman–Crippen MR) is 216 cm³/mol. The highest BCUT2D eigenvalue weighted by atomic mass is 16.5. The molecule has 0 spiro atoms. The summed E-state index contributed by atoms with van der Waals surface area (Å²) in [5.74, 6) is 4.30. The van der Waals surface area contributed by atoms with Gasteiger partial charge in [0, 0.05) is 44.3 Å². The van der Waals surface area contributed by atoms with Gasteiger partial charge in [0.25, 0.3) is 0 Å². The molecule has 0 saturated carbocycles. The normalized spacial score (nSPS) is 15.2. The Hall–Kier alpha value is -4.88. The van der Waals surface area contributed by atoms with Crippen molar-refractivity contribution >= 4 is 11.9 Å². The molecule has 3 aromatic carbocycles. The zero-order valence-electron chi connectivity index (χ0n) is 34.7. The number of esters is 2. The predicted octanol–water partition coefficient (Wildman–Crippen LogP) is 6.37. The summed E-state index contributed by atoms with van der Waals surface area (Å²) in [5, 5.41) is 0. The Balaban J connectivity index is 1.00. The van der Waals surface area contributed by atoms with Crippen LogP contribution in [0.2, 0.25) is 0 Å². The minimum Gasteiger partial charge on any atom is -0.493 e. The fraction of sp³-hybridized carbons (Fsp3) is 0.545. The minimum atomic E-state index is -0.206. The Bertz CT molecular complexity index is 1800. The molecule has 5 rings (SSSR count). The number of hydrogen-bond donors (Lipinski definition) is 0. The van der Waals surface area contributed by atoms with E-state index >= 15 is 0 Å². The first-order chi connectivity index (χ1) is 27.8. The minimum absolute atomic E-state index is 0.00938. The van der Waals surface area contributed by atoms with E-state index in [1.165, 1.54) is 5.56 Å². The lowest BCUT2D eigenvalue weighted by Crippen LogP contribution is -2.38. The van der Waals surface area contributed by atoms with Crippen LogP contribution in [0.5, 0.6) is 40.2 Å². The summed E-state index contributed by atoms with van der Waals surface area (Å²) in [5.41, 5.74) is 5.69. The molecule has 2 aliphatic heterocycles. The summed E-state index contributed by atoms with van der Waals surface area (Å²) >= 11 is 0. The highest BCUT2D eigenvalue weighted by Crippen LogP contribution is 2.44. The van der Waals surface area contributed by atoms with Crippen LogP contribution in [-0.4, -0.2) is 111 Å². The van der Waals surface area contributed by atoms with Gasteiger partial charge in [0.05, 0.1) is 75.8 Å². The number of ether oxygens (including phenoxy) is 9. The highest BCUT2D eigenvalue weighted by molar-refractivity contribution is 5.70. The summed E-state index contributed by atoms with van der Waals surface area (Å²) in [7, 11) is 11.4. The standard InChI is InChI=1S/C44H60N2O11/c1-49-36-13-12-30(25-37(36)50-2)24-35-34-28-39(52-4)38(51-3)26-31(34)14-20-46(35)21-17-42(48)57-23-11-9-8-10-22-56-41(47)16-19-45-18-15-33-32(29-45)27-40(53-5)44(55-7)43(33)54-6/h12-13,25-28,35H,8-11,14-24,29H2,1-7H3/t35-/m1/s1. The van der Waals surface area contributed by atoms with Gasteiger partial charge in [-0.15, -0.1) is 0 Å². The largest absolute Gasteiger partial charge is 0.493 e. The van der Waals surface area contributed by atoms with Gasteiger partial charge in [-0.1, -0.05) is 6.07 Å². The Morgan fingerprint density at radius 3 is 1.82 bits per heavy atom. The topological polar surface area (TPSA) is 124 Å². The molecule has 3 aromatic rings. The second-order valence-corrected chi connectivity index (χ2v) is 14.3. The SMILES string of the molecule is COc1ccc(C[C@@H]2c3cc(OC)c(OC)cc3CCN2CCC(=O)OCCCCCCOC(=O)CCN2CCc3c(cc(OC)c(OC)c3OC)C2)cc1OC. The molecule has 0 saturated heterocycles. The average Bonchev–Trinajstić information content (AvgIpc) is 3.24. The van der Waals surface area contributed by atoms with E-state index in [4.69, 9.17) is 42.6 Å².